The van der Waals surface area contributed by atoms with Crippen LogP contribution in [-0.4, -0.2) is 28.4 Å². The number of carboxylic acid groups (broad SMARTS) is 1. The number of benzene rings is 1. The number of anilines is 1. The number of H-pyrrole nitrogens is 1. The fraction of sp³-hybridized carbons (Fsp3) is 0.231. The lowest BCUT2D eigenvalue weighted by molar-refractivity contribution is 0.0699. The summed E-state index contributed by atoms with van der Waals surface area (Å²) >= 11 is 0. The third kappa shape index (κ3) is 2.12. The fourth-order valence-corrected chi connectivity index (χ4v) is 2.16. The summed E-state index contributed by atoms with van der Waals surface area (Å²) in [6.07, 6.45) is 0. The number of carbonyl (C=O) groups is 1. The predicted octanol–water partition coefficient (Wildman–Crippen LogP) is 1.98. The Labute approximate surface area is 110 Å². The molecule has 0 unspecified atom stereocenters. The molecule has 2 aromatic rings. The Hall–Kier alpha value is -2.50. The zero-order valence-electron chi connectivity index (χ0n) is 10.9. The van der Waals surface area contributed by atoms with Crippen LogP contribution in [-0.2, 0) is 0 Å². The minimum atomic E-state index is -1.12. The van der Waals surface area contributed by atoms with Crippen LogP contribution in [0, 0.1) is 13.8 Å². The highest BCUT2D eigenvalue weighted by molar-refractivity contribution is 6.00. The van der Waals surface area contributed by atoms with E-state index in [0.29, 0.717) is 17.0 Å². The van der Waals surface area contributed by atoms with E-state index >= 15 is 0 Å². The summed E-state index contributed by atoms with van der Waals surface area (Å²) < 4.78 is 5.32. The van der Waals surface area contributed by atoms with Crippen molar-refractivity contribution in [3.8, 4) is 17.0 Å². The molecule has 19 heavy (non-hydrogen) atoms. The normalized spacial score (nSPS) is 10.5. The molecule has 1 heterocycles. The van der Waals surface area contributed by atoms with E-state index in [1.807, 2.05) is 26.0 Å². The first kappa shape index (κ1) is 12.9. The van der Waals surface area contributed by atoms with Crippen LogP contribution in [0.3, 0.4) is 0 Å². The van der Waals surface area contributed by atoms with Gasteiger partial charge in [0.2, 0.25) is 0 Å². The number of hydrogen-bond acceptors (Lipinski definition) is 4. The highest BCUT2D eigenvalue weighted by Crippen LogP contribution is 2.36. The molecule has 2 rings (SSSR count). The number of ether oxygens (including phenoxy) is 1. The van der Waals surface area contributed by atoms with Crippen molar-refractivity contribution in [1.82, 2.24) is 10.2 Å². The molecule has 6 nitrogen and oxygen atoms in total. The molecule has 0 fully saturated rings. The van der Waals surface area contributed by atoms with Crippen molar-refractivity contribution in [2.75, 3.05) is 12.8 Å². The van der Waals surface area contributed by atoms with Crippen LogP contribution in [0.4, 0.5) is 5.82 Å². The van der Waals surface area contributed by atoms with Gasteiger partial charge in [-0.1, -0.05) is 6.07 Å². The monoisotopic (exact) mass is 261 g/mol. The maximum atomic E-state index is 11.3. The number of nitrogen functional groups attached to an aromatic ring is 1. The van der Waals surface area contributed by atoms with Gasteiger partial charge in [-0.15, -0.1) is 0 Å². The van der Waals surface area contributed by atoms with Gasteiger partial charge in [0.25, 0.3) is 0 Å². The first-order valence-corrected chi connectivity index (χ1v) is 5.68. The van der Waals surface area contributed by atoms with Crippen LogP contribution in [0.1, 0.15) is 21.5 Å². The van der Waals surface area contributed by atoms with E-state index in [2.05, 4.69) is 10.2 Å². The standard InChI is InChI=1S/C13H15N3O3/c1-6-4-7(2)9(8(5-6)19-3)11-10(13(17)18)12(14)16-15-11/h4-5H,1-3H3,(H,17,18)(H3,14,15,16). The SMILES string of the molecule is COc1cc(C)cc(C)c1-c1[nH]nc(N)c1C(=O)O. The number of hydrogen-bond donors (Lipinski definition) is 3. The average molecular weight is 261 g/mol. The van der Waals surface area contributed by atoms with Gasteiger partial charge in [0.05, 0.1) is 12.8 Å². The molecule has 0 aliphatic carbocycles. The van der Waals surface area contributed by atoms with Gasteiger partial charge in [0, 0.05) is 5.56 Å². The number of nitrogens with zero attached hydrogens (tertiary/aromatic N) is 1. The van der Waals surface area contributed by atoms with Crippen molar-refractivity contribution in [3.63, 3.8) is 0 Å². The van der Waals surface area contributed by atoms with Crippen LogP contribution in [0.2, 0.25) is 0 Å². The number of nitrogens with one attached hydrogen (secondary N) is 1. The Morgan fingerprint density at radius 2 is 2.11 bits per heavy atom. The Bertz CT molecular complexity index is 647. The lowest BCUT2D eigenvalue weighted by Gasteiger charge is -2.12. The van der Waals surface area contributed by atoms with E-state index in [-0.39, 0.29) is 11.4 Å². The van der Waals surface area contributed by atoms with E-state index in [1.165, 1.54) is 7.11 Å². The number of methoxy groups -OCH3 is 1. The highest BCUT2D eigenvalue weighted by atomic mass is 16.5. The summed E-state index contributed by atoms with van der Waals surface area (Å²) in [6.45, 7) is 3.83. The third-order valence-corrected chi connectivity index (χ3v) is 2.92. The first-order chi connectivity index (χ1) is 8.95. The molecule has 0 amide bonds. The van der Waals surface area contributed by atoms with Crippen LogP contribution >= 0.6 is 0 Å². The topological polar surface area (TPSA) is 101 Å². The van der Waals surface area contributed by atoms with Crippen LogP contribution in [0.15, 0.2) is 12.1 Å². The second kappa shape index (κ2) is 4.64. The number of rotatable bonds is 3. The zero-order chi connectivity index (χ0) is 14.2. The Kier molecular flexibility index (Phi) is 3.16. The molecular formula is C13H15N3O3. The molecule has 0 saturated heterocycles. The number of carboxylic acids is 1. The maximum Gasteiger partial charge on any atom is 0.341 e. The lowest BCUT2D eigenvalue weighted by Crippen LogP contribution is -2.03. The quantitative estimate of drug-likeness (QED) is 0.784. The zero-order valence-corrected chi connectivity index (χ0v) is 10.9. The van der Waals surface area contributed by atoms with Crippen LogP contribution < -0.4 is 10.5 Å². The first-order valence-electron chi connectivity index (χ1n) is 5.68. The predicted molar refractivity (Wildman–Crippen MR) is 71.4 cm³/mol. The van der Waals surface area contributed by atoms with Crippen molar-refractivity contribution >= 4 is 11.8 Å². The van der Waals surface area contributed by atoms with Crippen molar-refractivity contribution < 1.29 is 14.6 Å². The second-order valence-electron chi connectivity index (χ2n) is 4.32. The maximum absolute atomic E-state index is 11.3. The Morgan fingerprint density at radius 1 is 1.42 bits per heavy atom. The van der Waals surface area contributed by atoms with E-state index in [4.69, 9.17) is 10.5 Å². The number of aromatic carboxylic acids is 1. The molecule has 0 radical (unpaired) electrons. The highest BCUT2D eigenvalue weighted by Gasteiger charge is 2.23. The number of nitrogens with two attached hydrogens (primary N) is 1. The summed E-state index contributed by atoms with van der Waals surface area (Å²) in [4.78, 5) is 11.3. The van der Waals surface area contributed by atoms with Gasteiger partial charge >= 0.3 is 5.97 Å². The Balaban J connectivity index is 2.76. The van der Waals surface area contributed by atoms with Gasteiger partial charge in [0.1, 0.15) is 11.3 Å². The van der Waals surface area contributed by atoms with Crippen molar-refractivity contribution in [2.45, 2.75) is 13.8 Å². The minimum Gasteiger partial charge on any atom is -0.496 e. The number of aromatic nitrogens is 2. The number of aromatic amines is 1. The van der Waals surface area contributed by atoms with Gasteiger partial charge in [-0.05, 0) is 31.0 Å². The van der Waals surface area contributed by atoms with E-state index in [1.54, 1.807) is 0 Å². The molecule has 0 atom stereocenters. The van der Waals surface area contributed by atoms with Gasteiger partial charge in [0.15, 0.2) is 5.82 Å². The Morgan fingerprint density at radius 3 is 2.68 bits per heavy atom. The summed E-state index contributed by atoms with van der Waals surface area (Å²) in [5, 5.41) is 15.7. The van der Waals surface area contributed by atoms with Crippen LogP contribution in [0.25, 0.3) is 11.3 Å². The minimum absolute atomic E-state index is 0.0368. The molecule has 0 saturated carbocycles. The number of aryl methyl sites for hydroxylation is 2. The van der Waals surface area contributed by atoms with E-state index in [0.717, 1.165) is 11.1 Å². The van der Waals surface area contributed by atoms with Gasteiger partial charge in [-0.2, -0.15) is 5.10 Å². The molecule has 0 bridgehead atoms. The molecule has 4 N–H and O–H groups in total. The molecule has 0 aliphatic heterocycles. The molecule has 100 valence electrons. The average Bonchev–Trinajstić information content (AvgIpc) is 2.69. The molecule has 1 aromatic heterocycles. The molecule has 0 aliphatic rings. The third-order valence-electron chi connectivity index (χ3n) is 2.92. The van der Waals surface area contributed by atoms with E-state index < -0.39 is 5.97 Å². The van der Waals surface area contributed by atoms with Crippen molar-refractivity contribution in [1.29, 1.82) is 0 Å². The summed E-state index contributed by atoms with van der Waals surface area (Å²) in [6, 6.07) is 3.78. The molecule has 6 heteroatoms. The lowest BCUT2D eigenvalue weighted by atomic mass is 9.99. The summed E-state index contributed by atoms with van der Waals surface area (Å²) in [7, 11) is 1.54. The van der Waals surface area contributed by atoms with Crippen molar-refractivity contribution in [3.05, 3.63) is 28.8 Å². The largest absolute Gasteiger partial charge is 0.496 e. The summed E-state index contributed by atoms with van der Waals surface area (Å²) in [5.74, 6) is -0.573. The van der Waals surface area contributed by atoms with Gasteiger partial charge in [-0.25, -0.2) is 4.79 Å². The second-order valence-corrected chi connectivity index (χ2v) is 4.32. The van der Waals surface area contributed by atoms with Crippen molar-refractivity contribution in [2.24, 2.45) is 0 Å². The molecule has 1 aromatic carbocycles. The molecular weight excluding hydrogens is 246 g/mol. The fourth-order valence-electron chi connectivity index (χ4n) is 2.16. The van der Waals surface area contributed by atoms with Gasteiger partial charge < -0.3 is 15.6 Å². The van der Waals surface area contributed by atoms with Crippen LogP contribution in [0.5, 0.6) is 5.75 Å². The van der Waals surface area contributed by atoms with E-state index in [9.17, 15) is 9.90 Å². The smallest absolute Gasteiger partial charge is 0.341 e. The molecule has 0 spiro atoms. The summed E-state index contributed by atoms with van der Waals surface area (Å²) in [5.41, 5.74) is 8.49. The van der Waals surface area contributed by atoms with Gasteiger partial charge in [-0.3, -0.25) is 5.10 Å².